The van der Waals surface area contributed by atoms with Crippen LogP contribution >= 0.6 is 0 Å². The number of amides is 2. The number of likely N-dealkylation sites (tertiary alicyclic amines) is 1. The highest BCUT2D eigenvalue weighted by molar-refractivity contribution is 7.89. The van der Waals surface area contributed by atoms with E-state index in [0.717, 1.165) is 4.31 Å². The molecule has 1 aromatic carbocycles. The predicted octanol–water partition coefficient (Wildman–Crippen LogP) is 0.738. The number of nitrogens with two attached hydrogens (primary N) is 1. The minimum atomic E-state index is -3.80. The molecule has 150 valence electrons. The van der Waals surface area contributed by atoms with Crippen LogP contribution < -0.4 is 10.5 Å². The first-order valence-electron chi connectivity index (χ1n) is 8.92. The number of hydrogen-bond acceptors (Lipinski definition) is 5. The van der Waals surface area contributed by atoms with E-state index in [2.05, 4.69) is 0 Å². The molecule has 1 saturated heterocycles. The molecule has 0 aliphatic carbocycles. The number of rotatable bonds is 7. The standard InChI is InChI=1S/C18H27N3O5S/c1-4-21(12-17(22)20-9-7-14(8-10-20)18(19)23)27(24,25)15-5-6-16(26-3)13(2)11-15/h5-6,11,14H,4,7-10,12H2,1-3H3,(H2,19,23). The number of primary amides is 1. The molecule has 0 atom stereocenters. The van der Waals surface area contributed by atoms with E-state index in [9.17, 15) is 18.0 Å². The number of aryl methyl sites for hydroxylation is 1. The summed E-state index contributed by atoms with van der Waals surface area (Å²) in [4.78, 5) is 25.5. The fourth-order valence-corrected chi connectivity index (χ4v) is 4.68. The van der Waals surface area contributed by atoms with Crippen LogP contribution in [0.25, 0.3) is 0 Å². The summed E-state index contributed by atoms with van der Waals surface area (Å²) in [6.45, 7) is 4.22. The lowest BCUT2D eigenvalue weighted by atomic mass is 9.96. The lowest BCUT2D eigenvalue weighted by molar-refractivity contribution is -0.135. The number of methoxy groups -OCH3 is 1. The van der Waals surface area contributed by atoms with Crippen molar-refractivity contribution in [2.24, 2.45) is 11.7 Å². The second-order valence-electron chi connectivity index (χ2n) is 6.62. The highest BCUT2D eigenvalue weighted by Crippen LogP contribution is 2.24. The number of nitrogens with zero attached hydrogens (tertiary/aromatic N) is 2. The van der Waals surface area contributed by atoms with E-state index in [-0.39, 0.29) is 35.7 Å². The van der Waals surface area contributed by atoms with Crippen molar-refractivity contribution >= 4 is 21.8 Å². The molecule has 27 heavy (non-hydrogen) atoms. The van der Waals surface area contributed by atoms with E-state index in [0.29, 0.717) is 37.2 Å². The van der Waals surface area contributed by atoms with Gasteiger partial charge in [0, 0.05) is 25.6 Å². The van der Waals surface area contributed by atoms with Crippen LogP contribution in [0.4, 0.5) is 0 Å². The zero-order chi connectivity index (χ0) is 20.2. The van der Waals surface area contributed by atoms with Gasteiger partial charge in [0.1, 0.15) is 5.75 Å². The molecule has 1 aromatic rings. The number of carbonyl (C=O) groups excluding carboxylic acids is 2. The zero-order valence-electron chi connectivity index (χ0n) is 16.0. The molecule has 1 aliphatic rings. The Morgan fingerprint density at radius 1 is 1.30 bits per heavy atom. The largest absolute Gasteiger partial charge is 0.496 e. The average molecular weight is 397 g/mol. The van der Waals surface area contributed by atoms with Crippen LogP contribution in [0.5, 0.6) is 5.75 Å². The Bertz CT molecular complexity index is 801. The molecule has 1 heterocycles. The summed E-state index contributed by atoms with van der Waals surface area (Å²) in [6, 6.07) is 4.62. The molecule has 1 aliphatic heterocycles. The topological polar surface area (TPSA) is 110 Å². The molecule has 0 radical (unpaired) electrons. The third-order valence-electron chi connectivity index (χ3n) is 4.92. The van der Waals surface area contributed by atoms with Crippen LogP contribution in [0.2, 0.25) is 0 Å². The van der Waals surface area contributed by atoms with Crippen molar-refractivity contribution in [1.29, 1.82) is 0 Å². The van der Waals surface area contributed by atoms with Gasteiger partial charge in [0.15, 0.2) is 0 Å². The first-order valence-corrected chi connectivity index (χ1v) is 10.4. The first-order chi connectivity index (χ1) is 12.7. The van der Waals surface area contributed by atoms with E-state index in [1.165, 1.54) is 13.2 Å². The summed E-state index contributed by atoms with van der Waals surface area (Å²) in [5.41, 5.74) is 6.01. The number of benzene rings is 1. The SMILES string of the molecule is CCN(CC(=O)N1CCC(C(N)=O)CC1)S(=O)(=O)c1ccc(OC)c(C)c1. The van der Waals surface area contributed by atoms with Crippen molar-refractivity contribution in [3.63, 3.8) is 0 Å². The number of carbonyl (C=O) groups is 2. The van der Waals surface area contributed by atoms with Crippen molar-refractivity contribution in [2.45, 2.75) is 31.6 Å². The minimum absolute atomic E-state index is 0.128. The van der Waals surface area contributed by atoms with Gasteiger partial charge in [0.05, 0.1) is 18.6 Å². The summed E-state index contributed by atoms with van der Waals surface area (Å²) >= 11 is 0. The summed E-state index contributed by atoms with van der Waals surface area (Å²) in [5, 5.41) is 0. The van der Waals surface area contributed by atoms with Gasteiger partial charge < -0.3 is 15.4 Å². The van der Waals surface area contributed by atoms with Crippen LogP contribution in [0, 0.1) is 12.8 Å². The van der Waals surface area contributed by atoms with Gasteiger partial charge in [-0.05, 0) is 43.5 Å². The van der Waals surface area contributed by atoms with Gasteiger partial charge in [-0.25, -0.2) is 8.42 Å². The fourth-order valence-electron chi connectivity index (χ4n) is 3.19. The molecular formula is C18H27N3O5S. The third-order valence-corrected chi connectivity index (χ3v) is 6.84. The van der Waals surface area contributed by atoms with E-state index in [1.54, 1.807) is 30.9 Å². The van der Waals surface area contributed by atoms with Crippen molar-refractivity contribution in [3.8, 4) is 5.75 Å². The molecule has 0 bridgehead atoms. The molecule has 0 spiro atoms. The molecule has 8 nitrogen and oxygen atoms in total. The van der Waals surface area contributed by atoms with Crippen LogP contribution in [0.15, 0.2) is 23.1 Å². The Labute approximate surface area is 160 Å². The molecule has 1 fully saturated rings. The molecule has 0 aromatic heterocycles. The monoisotopic (exact) mass is 397 g/mol. The molecule has 9 heteroatoms. The number of hydrogen-bond donors (Lipinski definition) is 1. The Hall–Kier alpha value is -2.13. The summed E-state index contributed by atoms with van der Waals surface area (Å²) in [6.07, 6.45) is 1.02. The van der Waals surface area contributed by atoms with E-state index < -0.39 is 10.0 Å². The smallest absolute Gasteiger partial charge is 0.243 e. The van der Waals surface area contributed by atoms with Gasteiger partial charge in [-0.1, -0.05) is 6.92 Å². The Balaban J connectivity index is 2.10. The van der Waals surface area contributed by atoms with E-state index in [4.69, 9.17) is 10.5 Å². The maximum absolute atomic E-state index is 12.9. The maximum Gasteiger partial charge on any atom is 0.243 e. The lowest BCUT2D eigenvalue weighted by Gasteiger charge is -2.32. The fraction of sp³-hybridized carbons (Fsp3) is 0.556. The van der Waals surface area contributed by atoms with Gasteiger partial charge in [-0.3, -0.25) is 9.59 Å². The molecule has 2 amide bonds. The summed E-state index contributed by atoms with van der Waals surface area (Å²) in [7, 11) is -2.28. The predicted molar refractivity (Wildman–Crippen MR) is 101 cm³/mol. The Morgan fingerprint density at radius 2 is 1.93 bits per heavy atom. The van der Waals surface area contributed by atoms with Crippen LogP contribution in [0.3, 0.4) is 0 Å². The highest BCUT2D eigenvalue weighted by Gasteiger charge is 2.30. The Morgan fingerprint density at radius 3 is 2.41 bits per heavy atom. The van der Waals surface area contributed by atoms with Gasteiger partial charge in [-0.15, -0.1) is 0 Å². The van der Waals surface area contributed by atoms with Crippen LogP contribution in [0.1, 0.15) is 25.3 Å². The zero-order valence-corrected chi connectivity index (χ0v) is 16.8. The van der Waals surface area contributed by atoms with Gasteiger partial charge >= 0.3 is 0 Å². The third kappa shape index (κ3) is 4.78. The van der Waals surface area contributed by atoms with Gasteiger partial charge in [0.2, 0.25) is 21.8 Å². The molecule has 0 saturated carbocycles. The second kappa shape index (κ2) is 8.71. The van der Waals surface area contributed by atoms with Crippen LogP contribution in [-0.2, 0) is 19.6 Å². The molecule has 0 unspecified atom stereocenters. The van der Waals surface area contributed by atoms with Crippen molar-refractivity contribution in [1.82, 2.24) is 9.21 Å². The highest BCUT2D eigenvalue weighted by atomic mass is 32.2. The summed E-state index contributed by atoms with van der Waals surface area (Å²) < 4.78 is 32.2. The van der Waals surface area contributed by atoms with Gasteiger partial charge in [0.25, 0.3) is 0 Å². The maximum atomic E-state index is 12.9. The first kappa shape index (κ1) is 21.2. The van der Waals surface area contributed by atoms with Crippen molar-refractivity contribution in [3.05, 3.63) is 23.8 Å². The van der Waals surface area contributed by atoms with Crippen LogP contribution in [-0.4, -0.2) is 62.7 Å². The molecular weight excluding hydrogens is 370 g/mol. The second-order valence-corrected chi connectivity index (χ2v) is 8.56. The number of sulfonamides is 1. The average Bonchev–Trinajstić information content (AvgIpc) is 2.65. The quantitative estimate of drug-likeness (QED) is 0.730. The van der Waals surface area contributed by atoms with Crippen molar-refractivity contribution < 1.29 is 22.7 Å². The minimum Gasteiger partial charge on any atom is -0.496 e. The number of ether oxygens (including phenoxy) is 1. The summed E-state index contributed by atoms with van der Waals surface area (Å²) in [5.74, 6) is -0.240. The van der Waals surface area contributed by atoms with Gasteiger partial charge in [-0.2, -0.15) is 4.31 Å². The van der Waals surface area contributed by atoms with E-state index >= 15 is 0 Å². The molecule has 2 rings (SSSR count). The number of likely N-dealkylation sites (N-methyl/N-ethyl adjacent to an activating group) is 1. The Kier molecular flexibility index (Phi) is 6.83. The van der Waals surface area contributed by atoms with Crippen molar-refractivity contribution in [2.75, 3.05) is 33.3 Å². The number of piperidine rings is 1. The van der Waals surface area contributed by atoms with E-state index in [1.807, 2.05) is 0 Å². The molecule has 2 N–H and O–H groups in total. The lowest BCUT2D eigenvalue weighted by Crippen LogP contribution is -2.47. The normalized spacial score (nSPS) is 15.8.